The lowest BCUT2D eigenvalue weighted by Crippen LogP contribution is -2.35. The van der Waals surface area contributed by atoms with Crippen LogP contribution in [0.25, 0.3) is 0 Å². The molecule has 0 radical (unpaired) electrons. The minimum Gasteiger partial charge on any atom is -0.480 e. The molecule has 1 aliphatic heterocycles. The van der Waals surface area contributed by atoms with Gasteiger partial charge in [-0.05, 0) is 24.5 Å². The zero-order valence-corrected chi connectivity index (χ0v) is 13.4. The Morgan fingerprint density at radius 1 is 1.38 bits per heavy atom. The van der Waals surface area contributed by atoms with Crippen LogP contribution in [-0.4, -0.2) is 27.7 Å². The summed E-state index contributed by atoms with van der Waals surface area (Å²) >= 11 is 0.211. The first-order chi connectivity index (χ1) is 11.3. The van der Waals surface area contributed by atoms with Crippen LogP contribution in [0, 0.1) is 5.82 Å². The van der Waals surface area contributed by atoms with Crippen LogP contribution in [0.3, 0.4) is 0 Å². The number of hydrogen-bond donors (Lipinski definition) is 1. The van der Waals surface area contributed by atoms with Crippen molar-refractivity contribution in [3.63, 3.8) is 0 Å². The number of carbonyl (C=O) groups is 1. The molecule has 0 aliphatic carbocycles. The van der Waals surface area contributed by atoms with Gasteiger partial charge in [-0.25, -0.2) is 4.39 Å². The van der Waals surface area contributed by atoms with Crippen molar-refractivity contribution in [3.8, 4) is 5.75 Å². The first kappa shape index (κ1) is 17.0. The molecule has 128 valence electrons. The Bertz CT molecular complexity index is 766. The van der Waals surface area contributed by atoms with Crippen LogP contribution in [0.4, 0.5) is 22.7 Å². The van der Waals surface area contributed by atoms with E-state index in [2.05, 4.69) is 15.5 Å². The number of nitrogens with zero attached hydrogens (tertiary/aromatic N) is 2. The van der Waals surface area contributed by atoms with Crippen LogP contribution in [0.5, 0.6) is 5.75 Å². The number of thioether (sulfide) groups is 1. The van der Waals surface area contributed by atoms with Gasteiger partial charge in [-0.1, -0.05) is 17.4 Å². The smallest absolute Gasteiger partial charge is 0.448 e. The average molecular weight is 379 g/mol. The lowest BCUT2D eigenvalue weighted by molar-refractivity contribution is -0.123. The van der Waals surface area contributed by atoms with Gasteiger partial charge < -0.3 is 4.74 Å². The van der Waals surface area contributed by atoms with Crippen molar-refractivity contribution in [1.29, 1.82) is 0 Å². The number of aromatic nitrogens is 2. The maximum atomic E-state index is 13.2. The third-order valence-corrected chi connectivity index (χ3v) is 4.73. The van der Waals surface area contributed by atoms with E-state index in [9.17, 15) is 22.4 Å². The molecule has 1 aromatic carbocycles. The lowest BCUT2D eigenvalue weighted by Gasteiger charge is -2.24. The molecular formula is C13H9F4N3O2S2. The fourth-order valence-electron chi connectivity index (χ4n) is 2.11. The van der Waals surface area contributed by atoms with E-state index in [4.69, 9.17) is 4.74 Å². The van der Waals surface area contributed by atoms with E-state index in [1.54, 1.807) is 6.07 Å². The van der Waals surface area contributed by atoms with Crippen LogP contribution >= 0.6 is 23.1 Å². The van der Waals surface area contributed by atoms with Crippen LogP contribution in [0.15, 0.2) is 22.5 Å². The molecule has 2 heterocycles. The highest BCUT2D eigenvalue weighted by Crippen LogP contribution is 2.39. The Labute approximate surface area is 141 Å². The standard InChI is InChI=1S/C13H9F4N3O2S2/c14-7-3-1-6-2-4-8(22-9(6)5-7)10(21)18-11-19-20-12(23-11)24-13(15,16)17/h1,3,5,8H,2,4H2,(H,18,19,21). The van der Waals surface area contributed by atoms with Crippen LogP contribution < -0.4 is 10.1 Å². The predicted molar refractivity (Wildman–Crippen MR) is 79.6 cm³/mol. The molecule has 3 rings (SSSR count). The minimum absolute atomic E-state index is 0.0552. The predicted octanol–water partition coefficient (Wildman–Crippen LogP) is 3.62. The number of alkyl halides is 3. The summed E-state index contributed by atoms with van der Waals surface area (Å²) in [4.78, 5) is 12.1. The summed E-state index contributed by atoms with van der Waals surface area (Å²) in [5.74, 6) is -0.760. The molecule has 0 bridgehead atoms. The molecule has 1 N–H and O–H groups in total. The molecule has 2 aromatic rings. The molecule has 24 heavy (non-hydrogen) atoms. The van der Waals surface area contributed by atoms with Crippen molar-refractivity contribution in [2.75, 3.05) is 5.32 Å². The van der Waals surface area contributed by atoms with Gasteiger partial charge >= 0.3 is 5.51 Å². The van der Waals surface area contributed by atoms with Gasteiger partial charge in [0.1, 0.15) is 11.6 Å². The maximum Gasteiger partial charge on any atom is 0.448 e. The van der Waals surface area contributed by atoms with Crippen molar-refractivity contribution in [2.24, 2.45) is 0 Å². The largest absolute Gasteiger partial charge is 0.480 e. The van der Waals surface area contributed by atoms with Gasteiger partial charge in [-0.3, -0.25) is 10.1 Å². The Kier molecular flexibility index (Phi) is 4.63. The van der Waals surface area contributed by atoms with E-state index in [0.717, 1.165) is 5.56 Å². The summed E-state index contributed by atoms with van der Waals surface area (Å²) < 4.78 is 55.1. The van der Waals surface area contributed by atoms with Gasteiger partial charge in [0.2, 0.25) is 5.13 Å². The normalized spacial score (nSPS) is 17.1. The van der Waals surface area contributed by atoms with Gasteiger partial charge in [0.15, 0.2) is 10.4 Å². The molecule has 1 amide bonds. The topological polar surface area (TPSA) is 64.1 Å². The summed E-state index contributed by atoms with van der Waals surface area (Å²) in [5.41, 5.74) is -3.68. The molecule has 1 atom stereocenters. The Morgan fingerprint density at radius 2 is 2.17 bits per heavy atom. The fraction of sp³-hybridized carbons (Fsp3) is 0.308. The molecule has 11 heteroatoms. The second-order valence-electron chi connectivity index (χ2n) is 4.81. The molecule has 1 unspecified atom stereocenters. The first-order valence-corrected chi connectivity index (χ1v) is 8.29. The summed E-state index contributed by atoms with van der Waals surface area (Å²) in [5, 5.41) is 9.16. The Balaban J connectivity index is 1.64. The maximum absolute atomic E-state index is 13.2. The summed E-state index contributed by atoms with van der Waals surface area (Å²) in [6, 6.07) is 4.09. The summed E-state index contributed by atoms with van der Waals surface area (Å²) in [6.07, 6.45) is 0.0220. The van der Waals surface area contributed by atoms with Gasteiger partial charge in [0.25, 0.3) is 5.91 Å². The fourth-order valence-corrected chi connectivity index (χ4v) is 3.56. The number of benzene rings is 1. The second kappa shape index (κ2) is 6.55. The van der Waals surface area contributed by atoms with E-state index in [-0.39, 0.29) is 15.2 Å². The molecule has 1 aliphatic rings. The highest BCUT2D eigenvalue weighted by molar-refractivity contribution is 8.01. The summed E-state index contributed by atoms with van der Waals surface area (Å²) in [7, 11) is 0. The first-order valence-electron chi connectivity index (χ1n) is 6.65. The van der Waals surface area contributed by atoms with Crippen molar-refractivity contribution >= 4 is 34.1 Å². The zero-order valence-electron chi connectivity index (χ0n) is 11.8. The van der Waals surface area contributed by atoms with E-state index in [1.807, 2.05) is 0 Å². The molecular weight excluding hydrogens is 370 g/mol. The van der Waals surface area contributed by atoms with Gasteiger partial charge in [0.05, 0.1) is 0 Å². The quantitative estimate of drug-likeness (QED) is 0.501. The molecule has 0 spiro atoms. The minimum atomic E-state index is -4.47. The van der Waals surface area contributed by atoms with Crippen molar-refractivity contribution < 1.29 is 27.1 Å². The van der Waals surface area contributed by atoms with Crippen LogP contribution in [-0.2, 0) is 11.2 Å². The third kappa shape index (κ3) is 4.15. The molecule has 1 aromatic heterocycles. The van der Waals surface area contributed by atoms with Gasteiger partial charge in [0, 0.05) is 17.8 Å². The van der Waals surface area contributed by atoms with Crippen molar-refractivity contribution in [2.45, 2.75) is 28.8 Å². The number of fused-ring (bicyclic) bond motifs is 1. The number of aryl methyl sites for hydroxylation is 1. The van der Waals surface area contributed by atoms with E-state index >= 15 is 0 Å². The highest BCUT2D eigenvalue weighted by atomic mass is 32.2. The van der Waals surface area contributed by atoms with Gasteiger partial charge in [-0.15, -0.1) is 10.2 Å². The van der Waals surface area contributed by atoms with E-state index in [1.165, 1.54) is 12.1 Å². The monoisotopic (exact) mass is 379 g/mol. The van der Waals surface area contributed by atoms with E-state index < -0.39 is 35.1 Å². The number of halogens is 4. The number of amides is 1. The van der Waals surface area contributed by atoms with Crippen molar-refractivity contribution in [3.05, 3.63) is 29.6 Å². The Hall–Kier alpha value is -1.88. The Morgan fingerprint density at radius 3 is 2.92 bits per heavy atom. The number of hydrogen-bond acceptors (Lipinski definition) is 6. The second-order valence-corrected chi connectivity index (χ2v) is 7.10. The number of anilines is 1. The van der Waals surface area contributed by atoms with Gasteiger partial charge in [-0.2, -0.15) is 13.2 Å². The van der Waals surface area contributed by atoms with Crippen LogP contribution in [0.1, 0.15) is 12.0 Å². The third-order valence-electron chi connectivity index (χ3n) is 3.11. The SMILES string of the molecule is O=C(Nc1nnc(SC(F)(F)F)s1)C1CCc2ccc(F)cc2O1. The zero-order chi connectivity index (χ0) is 17.3. The van der Waals surface area contributed by atoms with E-state index in [0.29, 0.717) is 24.2 Å². The average Bonchev–Trinajstić information content (AvgIpc) is 2.91. The lowest BCUT2D eigenvalue weighted by atomic mass is 10.0. The molecule has 0 saturated heterocycles. The molecule has 5 nitrogen and oxygen atoms in total. The number of carbonyl (C=O) groups excluding carboxylic acids is 1. The number of ether oxygens (including phenoxy) is 1. The van der Waals surface area contributed by atoms with Crippen molar-refractivity contribution in [1.82, 2.24) is 10.2 Å². The number of nitrogens with one attached hydrogen (secondary N) is 1. The molecule has 0 fully saturated rings. The van der Waals surface area contributed by atoms with Crippen LogP contribution in [0.2, 0.25) is 0 Å². The number of rotatable bonds is 3. The highest BCUT2D eigenvalue weighted by Gasteiger charge is 2.32. The molecule has 0 saturated carbocycles. The summed E-state index contributed by atoms with van der Waals surface area (Å²) in [6.45, 7) is 0.